The quantitative estimate of drug-likeness (QED) is 0.896. The van der Waals surface area contributed by atoms with Crippen LogP contribution in [-0.4, -0.2) is 23.8 Å². The lowest BCUT2D eigenvalue weighted by Gasteiger charge is -2.12. The molecule has 4 heteroatoms. The summed E-state index contributed by atoms with van der Waals surface area (Å²) < 4.78 is 6.08. The summed E-state index contributed by atoms with van der Waals surface area (Å²) in [6.45, 7) is 2.20. The van der Waals surface area contributed by atoms with Gasteiger partial charge in [0.25, 0.3) is 0 Å². The molecule has 15 heavy (non-hydrogen) atoms. The Balaban J connectivity index is 2.69. The summed E-state index contributed by atoms with van der Waals surface area (Å²) in [5, 5.41) is 8.90. The molecule has 0 heterocycles. The lowest BCUT2D eigenvalue weighted by atomic mass is 10.1. The Morgan fingerprint density at radius 1 is 1.60 bits per heavy atom. The molecule has 1 unspecified atom stereocenters. The summed E-state index contributed by atoms with van der Waals surface area (Å²) in [6, 6.07) is 7.57. The molecule has 0 bridgehead atoms. The molecular weight excluding hydrogens is 260 g/mol. The van der Waals surface area contributed by atoms with Crippen molar-refractivity contribution in [2.75, 3.05) is 6.61 Å². The van der Waals surface area contributed by atoms with Crippen molar-refractivity contribution in [3.8, 4) is 0 Å². The number of hydrogen-bond acceptors (Lipinski definition) is 2. The average Bonchev–Trinajstić information content (AvgIpc) is 2.17. The highest BCUT2D eigenvalue weighted by atomic mass is 79.9. The fourth-order valence-electron chi connectivity index (χ4n) is 1.30. The van der Waals surface area contributed by atoms with E-state index in [2.05, 4.69) is 15.9 Å². The molecule has 0 aliphatic carbocycles. The van der Waals surface area contributed by atoms with E-state index in [9.17, 15) is 4.79 Å². The Kier molecular flexibility index (Phi) is 4.78. The van der Waals surface area contributed by atoms with E-state index in [1.54, 1.807) is 6.92 Å². The van der Waals surface area contributed by atoms with Gasteiger partial charge in [0.15, 0.2) is 6.10 Å². The van der Waals surface area contributed by atoms with Crippen molar-refractivity contribution in [3.63, 3.8) is 0 Å². The van der Waals surface area contributed by atoms with Crippen LogP contribution in [0.3, 0.4) is 0 Å². The molecule has 0 spiro atoms. The number of carboxylic acid groups (broad SMARTS) is 1. The van der Waals surface area contributed by atoms with Crippen molar-refractivity contribution < 1.29 is 14.6 Å². The van der Waals surface area contributed by atoms with Gasteiger partial charge in [-0.3, -0.25) is 0 Å². The second-order valence-corrected chi connectivity index (χ2v) is 4.03. The highest BCUT2D eigenvalue weighted by Crippen LogP contribution is 2.14. The molecule has 0 saturated carbocycles. The number of benzene rings is 1. The first kappa shape index (κ1) is 12.2. The van der Waals surface area contributed by atoms with E-state index in [4.69, 9.17) is 9.84 Å². The third kappa shape index (κ3) is 4.01. The maximum absolute atomic E-state index is 10.8. The van der Waals surface area contributed by atoms with Gasteiger partial charge >= 0.3 is 5.97 Å². The summed E-state index contributed by atoms with van der Waals surface area (Å²) in [6.07, 6.45) is -0.368. The second kappa shape index (κ2) is 5.88. The predicted octanol–water partition coefficient (Wildman–Crippen LogP) is 2.48. The van der Waals surface area contributed by atoms with Gasteiger partial charge in [-0.15, -0.1) is 0 Å². The molecule has 0 radical (unpaired) electrons. The van der Waals surface area contributed by atoms with Crippen molar-refractivity contribution in [2.45, 2.75) is 19.4 Å². The topological polar surface area (TPSA) is 46.5 Å². The van der Waals surface area contributed by atoms with Gasteiger partial charge in [-0.25, -0.2) is 4.79 Å². The van der Waals surface area contributed by atoms with Crippen LogP contribution in [0.5, 0.6) is 0 Å². The van der Waals surface area contributed by atoms with E-state index in [-0.39, 0.29) is 0 Å². The number of hydrogen-bond donors (Lipinski definition) is 1. The Labute approximate surface area is 97.2 Å². The predicted molar refractivity (Wildman–Crippen MR) is 60.9 cm³/mol. The smallest absolute Gasteiger partial charge is 0.333 e. The molecule has 0 aliphatic heterocycles. The summed E-state index contributed by atoms with van der Waals surface area (Å²) in [4.78, 5) is 10.8. The molecule has 3 nitrogen and oxygen atoms in total. The molecule has 0 aromatic heterocycles. The van der Waals surface area contributed by atoms with E-state index in [0.29, 0.717) is 13.0 Å². The van der Waals surface area contributed by atoms with Crippen LogP contribution in [0.4, 0.5) is 0 Å². The van der Waals surface area contributed by atoms with Crippen molar-refractivity contribution in [1.29, 1.82) is 0 Å². The summed E-state index contributed by atoms with van der Waals surface area (Å²) in [5.74, 6) is -0.920. The minimum atomic E-state index is -0.920. The number of carboxylic acids is 1. The lowest BCUT2D eigenvalue weighted by Crippen LogP contribution is -2.26. The fourth-order valence-corrected chi connectivity index (χ4v) is 1.74. The molecule has 0 fully saturated rings. The first-order valence-electron chi connectivity index (χ1n) is 4.72. The monoisotopic (exact) mass is 272 g/mol. The maximum Gasteiger partial charge on any atom is 0.333 e. The number of carbonyl (C=O) groups is 1. The Bertz CT molecular complexity index is 338. The van der Waals surface area contributed by atoms with E-state index >= 15 is 0 Å². The van der Waals surface area contributed by atoms with Gasteiger partial charge in [0.1, 0.15) is 0 Å². The standard InChI is InChI=1S/C11H13BrO3/c1-2-15-10(11(13)14)7-8-4-3-5-9(12)6-8/h3-6,10H,2,7H2,1H3,(H,13,14). The largest absolute Gasteiger partial charge is 0.479 e. The molecule has 1 rings (SSSR count). The summed E-state index contributed by atoms with van der Waals surface area (Å²) >= 11 is 3.34. The normalized spacial score (nSPS) is 12.4. The first-order valence-corrected chi connectivity index (χ1v) is 5.51. The molecule has 0 saturated heterocycles. The minimum Gasteiger partial charge on any atom is -0.479 e. The Morgan fingerprint density at radius 2 is 2.33 bits per heavy atom. The Morgan fingerprint density at radius 3 is 2.87 bits per heavy atom. The van der Waals surface area contributed by atoms with Crippen LogP contribution in [0.1, 0.15) is 12.5 Å². The third-order valence-electron chi connectivity index (χ3n) is 1.95. The van der Waals surface area contributed by atoms with Crippen LogP contribution in [0, 0.1) is 0 Å². The van der Waals surface area contributed by atoms with Gasteiger partial charge < -0.3 is 9.84 Å². The van der Waals surface area contributed by atoms with Crippen LogP contribution >= 0.6 is 15.9 Å². The van der Waals surface area contributed by atoms with E-state index in [1.807, 2.05) is 24.3 Å². The summed E-state index contributed by atoms with van der Waals surface area (Å²) in [5.41, 5.74) is 0.949. The fraction of sp³-hybridized carbons (Fsp3) is 0.364. The van der Waals surface area contributed by atoms with Crippen molar-refractivity contribution in [1.82, 2.24) is 0 Å². The molecule has 0 aliphatic rings. The van der Waals surface area contributed by atoms with Crippen molar-refractivity contribution in [2.24, 2.45) is 0 Å². The second-order valence-electron chi connectivity index (χ2n) is 3.12. The van der Waals surface area contributed by atoms with E-state index in [0.717, 1.165) is 10.0 Å². The molecule has 1 aromatic rings. The van der Waals surface area contributed by atoms with Crippen molar-refractivity contribution in [3.05, 3.63) is 34.3 Å². The third-order valence-corrected chi connectivity index (χ3v) is 2.45. The molecule has 0 amide bonds. The minimum absolute atomic E-state index is 0.391. The van der Waals surface area contributed by atoms with Gasteiger partial charge in [0.2, 0.25) is 0 Å². The highest BCUT2D eigenvalue weighted by molar-refractivity contribution is 9.10. The zero-order chi connectivity index (χ0) is 11.3. The number of rotatable bonds is 5. The lowest BCUT2D eigenvalue weighted by molar-refractivity contribution is -0.149. The molecule has 1 N–H and O–H groups in total. The molecule has 82 valence electrons. The van der Waals surface area contributed by atoms with Crippen LogP contribution < -0.4 is 0 Å². The molecule has 1 aromatic carbocycles. The molecular formula is C11H13BrO3. The van der Waals surface area contributed by atoms with Gasteiger partial charge in [-0.1, -0.05) is 28.1 Å². The number of halogens is 1. The SMILES string of the molecule is CCOC(Cc1cccc(Br)c1)C(=O)O. The van der Waals surface area contributed by atoms with Crippen molar-refractivity contribution >= 4 is 21.9 Å². The molecule has 1 atom stereocenters. The highest BCUT2D eigenvalue weighted by Gasteiger charge is 2.17. The Hall–Kier alpha value is -0.870. The van der Waals surface area contributed by atoms with E-state index < -0.39 is 12.1 Å². The van der Waals surface area contributed by atoms with Gasteiger partial charge in [-0.2, -0.15) is 0 Å². The maximum atomic E-state index is 10.8. The van der Waals surface area contributed by atoms with E-state index in [1.165, 1.54) is 0 Å². The number of ether oxygens (including phenoxy) is 1. The van der Waals surface area contributed by atoms with Gasteiger partial charge in [-0.05, 0) is 24.6 Å². The van der Waals surface area contributed by atoms with Crippen LogP contribution in [0.2, 0.25) is 0 Å². The zero-order valence-electron chi connectivity index (χ0n) is 8.44. The summed E-state index contributed by atoms with van der Waals surface area (Å²) in [7, 11) is 0. The van der Waals surface area contributed by atoms with Gasteiger partial charge in [0, 0.05) is 17.5 Å². The van der Waals surface area contributed by atoms with Gasteiger partial charge in [0.05, 0.1) is 0 Å². The van der Waals surface area contributed by atoms with Crippen LogP contribution in [0.25, 0.3) is 0 Å². The first-order chi connectivity index (χ1) is 7.13. The zero-order valence-corrected chi connectivity index (χ0v) is 10.0. The van der Waals surface area contributed by atoms with Crippen LogP contribution in [0.15, 0.2) is 28.7 Å². The average molecular weight is 273 g/mol. The number of aliphatic carboxylic acids is 1. The van der Waals surface area contributed by atoms with Crippen LogP contribution in [-0.2, 0) is 16.0 Å².